The SMILES string of the molecule is Cc1cncc(NC(=O)CNC(=O)c2ccccc2)c1. The number of rotatable bonds is 4. The Morgan fingerprint density at radius 2 is 1.90 bits per heavy atom. The Labute approximate surface area is 117 Å². The Balaban J connectivity index is 1.85. The van der Waals surface area contributed by atoms with Gasteiger partial charge < -0.3 is 10.6 Å². The third kappa shape index (κ3) is 3.91. The summed E-state index contributed by atoms with van der Waals surface area (Å²) >= 11 is 0. The van der Waals surface area contributed by atoms with Crippen LogP contribution in [-0.4, -0.2) is 23.3 Å². The van der Waals surface area contributed by atoms with Crippen molar-refractivity contribution < 1.29 is 9.59 Å². The minimum absolute atomic E-state index is 0.0817. The zero-order valence-corrected chi connectivity index (χ0v) is 11.1. The lowest BCUT2D eigenvalue weighted by Gasteiger charge is -2.07. The van der Waals surface area contributed by atoms with Crippen molar-refractivity contribution in [3.05, 3.63) is 59.9 Å². The third-order valence-electron chi connectivity index (χ3n) is 2.60. The number of benzene rings is 1. The molecule has 0 radical (unpaired) electrons. The predicted molar refractivity (Wildman–Crippen MR) is 76.4 cm³/mol. The third-order valence-corrected chi connectivity index (χ3v) is 2.60. The first-order valence-electron chi connectivity index (χ1n) is 6.20. The molecule has 5 nitrogen and oxygen atoms in total. The molecular formula is C15H15N3O2. The Bertz CT molecular complexity index is 612. The first-order chi connectivity index (χ1) is 9.65. The summed E-state index contributed by atoms with van der Waals surface area (Å²) < 4.78 is 0. The largest absolute Gasteiger partial charge is 0.343 e. The van der Waals surface area contributed by atoms with E-state index >= 15 is 0 Å². The molecule has 0 atom stereocenters. The van der Waals surface area contributed by atoms with Crippen molar-refractivity contribution in [3.63, 3.8) is 0 Å². The highest BCUT2D eigenvalue weighted by Crippen LogP contribution is 2.06. The van der Waals surface area contributed by atoms with Crippen LogP contribution in [0.25, 0.3) is 0 Å². The summed E-state index contributed by atoms with van der Waals surface area (Å²) in [6, 6.07) is 10.6. The van der Waals surface area contributed by atoms with E-state index in [2.05, 4.69) is 15.6 Å². The van der Waals surface area contributed by atoms with E-state index in [1.807, 2.05) is 19.1 Å². The van der Waals surface area contributed by atoms with E-state index in [-0.39, 0.29) is 18.4 Å². The molecule has 0 aliphatic carbocycles. The van der Waals surface area contributed by atoms with Crippen LogP contribution in [0.5, 0.6) is 0 Å². The number of pyridine rings is 1. The van der Waals surface area contributed by atoms with Gasteiger partial charge in [-0.15, -0.1) is 0 Å². The monoisotopic (exact) mass is 269 g/mol. The topological polar surface area (TPSA) is 71.1 Å². The van der Waals surface area contributed by atoms with E-state index < -0.39 is 0 Å². The molecule has 0 saturated heterocycles. The minimum Gasteiger partial charge on any atom is -0.343 e. The van der Waals surface area contributed by atoms with Gasteiger partial charge in [-0.2, -0.15) is 0 Å². The number of aromatic nitrogens is 1. The lowest BCUT2D eigenvalue weighted by Crippen LogP contribution is -2.32. The number of carbonyl (C=O) groups excluding carboxylic acids is 2. The minimum atomic E-state index is -0.290. The van der Waals surface area contributed by atoms with Crippen molar-refractivity contribution in [2.45, 2.75) is 6.92 Å². The predicted octanol–water partition coefficient (Wildman–Crippen LogP) is 1.76. The van der Waals surface area contributed by atoms with Crippen LogP contribution in [0.2, 0.25) is 0 Å². The lowest BCUT2D eigenvalue weighted by molar-refractivity contribution is -0.115. The molecule has 0 aliphatic heterocycles. The molecule has 0 bridgehead atoms. The van der Waals surface area contributed by atoms with Crippen LogP contribution in [-0.2, 0) is 4.79 Å². The highest BCUT2D eigenvalue weighted by molar-refractivity contribution is 5.99. The van der Waals surface area contributed by atoms with Crippen molar-refractivity contribution in [1.29, 1.82) is 0 Å². The van der Waals surface area contributed by atoms with Crippen molar-refractivity contribution in [3.8, 4) is 0 Å². The molecule has 5 heteroatoms. The second-order valence-corrected chi connectivity index (χ2v) is 4.35. The molecule has 0 fully saturated rings. The van der Waals surface area contributed by atoms with Crippen molar-refractivity contribution >= 4 is 17.5 Å². The maximum atomic E-state index is 11.8. The van der Waals surface area contributed by atoms with Crippen LogP contribution >= 0.6 is 0 Å². The quantitative estimate of drug-likeness (QED) is 0.888. The zero-order valence-electron chi connectivity index (χ0n) is 11.1. The fraction of sp³-hybridized carbons (Fsp3) is 0.133. The molecule has 0 unspecified atom stereocenters. The smallest absolute Gasteiger partial charge is 0.251 e. The summed E-state index contributed by atoms with van der Waals surface area (Å²) in [6.07, 6.45) is 3.26. The van der Waals surface area contributed by atoms with Gasteiger partial charge in [-0.1, -0.05) is 18.2 Å². The molecule has 2 amide bonds. The number of nitrogens with zero attached hydrogens (tertiary/aromatic N) is 1. The van der Waals surface area contributed by atoms with E-state index in [1.54, 1.807) is 36.7 Å². The van der Waals surface area contributed by atoms with E-state index in [4.69, 9.17) is 0 Å². The van der Waals surface area contributed by atoms with Gasteiger partial charge in [0.15, 0.2) is 0 Å². The maximum Gasteiger partial charge on any atom is 0.251 e. The van der Waals surface area contributed by atoms with Gasteiger partial charge in [-0.3, -0.25) is 14.6 Å². The molecule has 2 aromatic rings. The Hall–Kier alpha value is -2.69. The standard InChI is InChI=1S/C15H15N3O2/c1-11-7-13(9-16-8-11)18-14(19)10-17-15(20)12-5-3-2-4-6-12/h2-9H,10H2,1H3,(H,17,20)(H,18,19). The number of amides is 2. The molecule has 1 heterocycles. The maximum absolute atomic E-state index is 11.8. The number of nitrogens with one attached hydrogen (secondary N) is 2. The van der Waals surface area contributed by atoms with E-state index in [0.717, 1.165) is 5.56 Å². The Morgan fingerprint density at radius 1 is 1.15 bits per heavy atom. The first kappa shape index (κ1) is 13.7. The summed E-state index contributed by atoms with van der Waals surface area (Å²) in [5, 5.41) is 5.24. The molecule has 102 valence electrons. The Morgan fingerprint density at radius 3 is 2.60 bits per heavy atom. The average Bonchev–Trinajstić information content (AvgIpc) is 2.46. The van der Waals surface area contributed by atoms with Gasteiger partial charge >= 0.3 is 0 Å². The first-order valence-corrected chi connectivity index (χ1v) is 6.20. The average molecular weight is 269 g/mol. The molecular weight excluding hydrogens is 254 g/mol. The molecule has 0 spiro atoms. The summed E-state index contributed by atoms with van der Waals surface area (Å²) in [5.41, 5.74) is 2.10. The molecule has 20 heavy (non-hydrogen) atoms. The van der Waals surface area contributed by atoms with Crippen molar-refractivity contribution in [2.75, 3.05) is 11.9 Å². The van der Waals surface area contributed by atoms with Gasteiger partial charge in [-0.25, -0.2) is 0 Å². The highest BCUT2D eigenvalue weighted by atomic mass is 16.2. The molecule has 1 aromatic carbocycles. The molecule has 0 aliphatic rings. The summed E-state index contributed by atoms with van der Waals surface area (Å²) in [5.74, 6) is -0.565. The lowest BCUT2D eigenvalue weighted by atomic mass is 10.2. The fourth-order valence-corrected chi connectivity index (χ4v) is 1.68. The fourth-order valence-electron chi connectivity index (χ4n) is 1.68. The van der Waals surface area contributed by atoms with Gasteiger partial charge in [0.1, 0.15) is 0 Å². The van der Waals surface area contributed by atoms with E-state index in [0.29, 0.717) is 11.3 Å². The van der Waals surface area contributed by atoms with Crippen LogP contribution < -0.4 is 10.6 Å². The Kier molecular flexibility index (Phi) is 4.44. The summed E-state index contributed by atoms with van der Waals surface area (Å²) in [7, 11) is 0. The van der Waals surface area contributed by atoms with Gasteiger partial charge in [-0.05, 0) is 30.7 Å². The summed E-state index contributed by atoms with van der Waals surface area (Å²) in [6.45, 7) is 1.81. The van der Waals surface area contributed by atoms with Crippen LogP contribution in [0, 0.1) is 6.92 Å². The number of carbonyl (C=O) groups is 2. The van der Waals surface area contributed by atoms with Crippen molar-refractivity contribution in [2.24, 2.45) is 0 Å². The zero-order chi connectivity index (χ0) is 14.4. The van der Waals surface area contributed by atoms with Gasteiger partial charge in [0.05, 0.1) is 18.4 Å². The van der Waals surface area contributed by atoms with Crippen LogP contribution in [0.4, 0.5) is 5.69 Å². The van der Waals surface area contributed by atoms with E-state index in [1.165, 1.54) is 0 Å². The van der Waals surface area contributed by atoms with Crippen LogP contribution in [0.3, 0.4) is 0 Å². The number of hydrogen-bond donors (Lipinski definition) is 2. The van der Waals surface area contributed by atoms with E-state index in [9.17, 15) is 9.59 Å². The van der Waals surface area contributed by atoms with Gasteiger partial charge in [0, 0.05) is 11.8 Å². The molecule has 2 rings (SSSR count). The molecule has 1 aromatic heterocycles. The van der Waals surface area contributed by atoms with Crippen molar-refractivity contribution in [1.82, 2.24) is 10.3 Å². The number of anilines is 1. The second-order valence-electron chi connectivity index (χ2n) is 4.35. The second kappa shape index (κ2) is 6.47. The highest BCUT2D eigenvalue weighted by Gasteiger charge is 2.07. The van der Waals surface area contributed by atoms with Gasteiger partial charge in [0.2, 0.25) is 5.91 Å². The number of hydrogen-bond acceptors (Lipinski definition) is 3. The number of aryl methyl sites for hydroxylation is 1. The summed E-state index contributed by atoms with van der Waals surface area (Å²) in [4.78, 5) is 27.4. The van der Waals surface area contributed by atoms with Gasteiger partial charge in [0.25, 0.3) is 5.91 Å². The molecule has 2 N–H and O–H groups in total. The molecule has 0 saturated carbocycles. The van der Waals surface area contributed by atoms with Crippen LogP contribution in [0.1, 0.15) is 15.9 Å². The normalized spacial score (nSPS) is 9.85. The van der Waals surface area contributed by atoms with Crippen LogP contribution in [0.15, 0.2) is 48.8 Å².